The van der Waals surface area contributed by atoms with Crippen molar-refractivity contribution in [1.29, 1.82) is 0 Å². The Labute approximate surface area is 45.1 Å². The first kappa shape index (κ1) is 6.92. The van der Waals surface area contributed by atoms with E-state index in [1.807, 2.05) is 0 Å². The molecule has 1 fully saturated rings. The highest BCUT2D eigenvalue weighted by Crippen LogP contribution is 2.23. The summed E-state index contributed by atoms with van der Waals surface area (Å²) in [6.45, 7) is 0. The molecule has 0 unspecified atom stereocenters. The lowest BCUT2D eigenvalue weighted by Crippen LogP contribution is -2.12. The summed E-state index contributed by atoms with van der Waals surface area (Å²) < 4.78 is 0. The van der Waals surface area contributed by atoms with Crippen LogP contribution >= 0.6 is 0 Å². The minimum atomic E-state index is 0. The van der Waals surface area contributed by atoms with Crippen molar-refractivity contribution in [2.45, 2.75) is 18.9 Å². The number of hydrogen-bond acceptors (Lipinski definition) is 2. The van der Waals surface area contributed by atoms with Crippen molar-refractivity contribution < 1.29 is 0 Å². The molecule has 3 N–H and O–H groups in total. The molecule has 0 aliphatic heterocycles. The predicted octanol–water partition coefficient (Wildman–Crippen LogP) is 0.872. The predicted molar refractivity (Wildman–Crippen MR) is 31.7 cm³/mol. The van der Waals surface area contributed by atoms with Gasteiger partial charge in [0, 0.05) is 6.04 Å². The van der Waals surface area contributed by atoms with Crippen molar-refractivity contribution in [1.82, 2.24) is 11.1 Å². The van der Waals surface area contributed by atoms with E-state index in [0.717, 1.165) is 6.04 Å². The maximum absolute atomic E-state index is 2.28. The first-order valence-corrected chi connectivity index (χ1v) is 2.47. The van der Waals surface area contributed by atoms with Gasteiger partial charge in [-0.25, -0.2) is 0 Å². The van der Waals surface area contributed by atoms with E-state index in [0.29, 0.717) is 0 Å². The van der Waals surface area contributed by atoms with Gasteiger partial charge in [0.25, 0.3) is 0 Å². The molecule has 1 aliphatic carbocycles. The molecular formula is C5H14N2. The maximum atomic E-state index is 2.28. The third kappa shape index (κ3) is 1.90. The van der Waals surface area contributed by atoms with Gasteiger partial charge in [-0.05, 0) is 26.9 Å². The highest BCUT2D eigenvalue weighted by atomic mass is 15.1. The van der Waals surface area contributed by atoms with E-state index in [2.05, 4.69) is 19.0 Å². The molecule has 0 spiro atoms. The van der Waals surface area contributed by atoms with Crippen LogP contribution in [0.1, 0.15) is 12.8 Å². The largest absolute Gasteiger partial charge is 0.344 e. The van der Waals surface area contributed by atoms with Crippen LogP contribution in [-0.2, 0) is 0 Å². The molecule has 44 valence electrons. The van der Waals surface area contributed by atoms with Gasteiger partial charge < -0.3 is 11.1 Å². The zero-order chi connectivity index (χ0) is 4.57. The van der Waals surface area contributed by atoms with E-state index in [9.17, 15) is 0 Å². The van der Waals surface area contributed by atoms with Crippen LogP contribution in [-0.4, -0.2) is 25.0 Å². The molecule has 1 saturated carbocycles. The molecular weight excluding hydrogens is 88.1 g/mol. The van der Waals surface area contributed by atoms with E-state index < -0.39 is 0 Å². The van der Waals surface area contributed by atoms with Crippen LogP contribution in [0.2, 0.25) is 0 Å². The van der Waals surface area contributed by atoms with Crippen molar-refractivity contribution in [3.8, 4) is 0 Å². The Hall–Kier alpha value is -0.0800. The Morgan fingerprint density at radius 1 is 1.29 bits per heavy atom. The Morgan fingerprint density at radius 3 is 1.71 bits per heavy atom. The van der Waals surface area contributed by atoms with E-state index in [1.165, 1.54) is 12.8 Å². The zero-order valence-electron chi connectivity index (χ0n) is 5.15. The zero-order valence-corrected chi connectivity index (χ0v) is 5.15. The summed E-state index contributed by atoms with van der Waals surface area (Å²) in [6.07, 6.45) is 2.85. The van der Waals surface area contributed by atoms with Crippen LogP contribution in [0, 0.1) is 0 Å². The van der Waals surface area contributed by atoms with Gasteiger partial charge >= 0.3 is 0 Å². The highest BCUT2D eigenvalue weighted by Gasteiger charge is 2.22. The lowest BCUT2D eigenvalue weighted by Gasteiger charge is -2.03. The molecule has 7 heavy (non-hydrogen) atoms. The Balaban J connectivity index is 0.000000360. The van der Waals surface area contributed by atoms with Gasteiger partial charge in [0.05, 0.1) is 0 Å². The van der Waals surface area contributed by atoms with Crippen LogP contribution in [0.3, 0.4) is 0 Å². The minimum Gasteiger partial charge on any atom is -0.344 e. The topological polar surface area (TPSA) is 38.2 Å². The van der Waals surface area contributed by atoms with E-state index in [1.54, 1.807) is 0 Å². The molecule has 0 aromatic carbocycles. The second kappa shape index (κ2) is 2.28. The first-order chi connectivity index (χ1) is 2.80. The summed E-state index contributed by atoms with van der Waals surface area (Å²) >= 11 is 0. The van der Waals surface area contributed by atoms with Gasteiger partial charge in [0.15, 0.2) is 0 Å². The number of hydrogen-bond donors (Lipinski definition) is 1. The summed E-state index contributed by atoms with van der Waals surface area (Å²) in [6, 6.07) is 0.935. The van der Waals surface area contributed by atoms with Crippen LogP contribution in [0.15, 0.2) is 0 Å². The summed E-state index contributed by atoms with van der Waals surface area (Å²) in [4.78, 5) is 2.28. The molecule has 0 bridgehead atoms. The minimum absolute atomic E-state index is 0. The molecule has 2 heteroatoms. The molecule has 0 aromatic heterocycles. The molecule has 0 aromatic rings. The summed E-state index contributed by atoms with van der Waals surface area (Å²) in [5.74, 6) is 0. The summed E-state index contributed by atoms with van der Waals surface area (Å²) in [5, 5.41) is 0. The molecule has 2 nitrogen and oxygen atoms in total. The standard InChI is InChI=1S/C5H11N.H3N/c1-6(2)5-3-4-5;/h5H,3-4H2,1-2H3;1H3. The summed E-state index contributed by atoms with van der Waals surface area (Å²) in [7, 11) is 4.27. The van der Waals surface area contributed by atoms with Gasteiger partial charge in [-0.15, -0.1) is 0 Å². The van der Waals surface area contributed by atoms with E-state index >= 15 is 0 Å². The van der Waals surface area contributed by atoms with Gasteiger partial charge in [-0.2, -0.15) is 0 Å². The van der Waals surface area contributed by atoms with Crippen LogP contribution < -0.4 is 6.15 Å². The van der Waals surface area contributed by atoms with Crippen molar-refractivity contribution >= 4 is 0 Å². The third-order valence-corrected chi connectivity index (χ3v) is 1.28. The molecule has 0 heterocycles. The van der Waals surface area contributed by atoms with Crippen molar-refractivity contribution in [2.24, 2.45) is 0 Å². The van der Waals surface area contributed by atoms with E-state index in [4.69, 9.17) is 0 Å². The van der Waals surface area contributed by atoms with Crippen LogP contribution in [0.25, 0.3) is 0 Å². The molecule has 0 saturated heterocycles. The Bertz CT molecular complexity index is 48.0. The SMILES string of the molecule is CN(C)C1CC1.N. The smallest absolute Gasteiger partial charge is 0.00903 e. The molecule has 1 rings (SSSR count). The third-order valence-electron chi connectivity index (χ3n) is 1.28. The number of nitrogens with zero attached hydrogens (tertiary/aromatic N) is 1. The van der Waals surface area contributed by atoms with Crippen LogP contribution in [0.4, 0.5) is 0 Å². The average molecular weight is 102 g/mol. The monoisotopic (exact) mass is 102 g/mol. The highest BCUT2D eigenvalue weighted by molar-refractivity contribution is 4.79. The average Bonchev–Trinajstić information content (AvgIpc) is 2.06. The molecule has 0 radical (unpaired) electrons. The molecule has 0 atom stereocenters. The van der Waals surface area contributed by atoms with Gasteiger partial charge in [0.2, 0.25) is 0 Å². The fraction of sp³-hybridized carbons (Fsp3) is 1.00. The maximum Gasteiger partial charge on any atom is 0.00903 e. The fourth-order valence-corrected chi connectivity index (χ4v) is 0.591. The quantitative estimate of drug-likeness (QED) is 0.533. The fourth-order valence-electron chi connectivity index (χ4n) is 0.591. The lowest BCUT2D eigenvalue weighted by molar-refractivity contribution is 0.399. The Kier molecular flexibility index (Phi) is 2.26. The first-order valence-electron chi connectivity index (χ1n) is 2.47. The van der Waals surface area contributed by atoms with Gasteiger partial charge in [-0.3, -0.25) is 0 Å². The van der Waals surface area contributed by atoms with E-state index in [-0.39, 0.29) is 6.15 Å². The summed E-state index contributed by atoms with van der Waals surface area (Å²) in [5.41, 5.74) is 0. The number of rotatable bonds is 1. The second-order valence-corrected chi connectivity index (χ2v) is 2.19. The van der Waals surface area contributed by atoms with Crippen LogP contribution in [0.5, 0.6) is 0 Å². The van der Waals surface area contributed by atoms with Crippen molar-refractivity contribution in [2.75, 3.05) is 14.1 Å². The lowest BCUT2D eigenvalue weighted by atomic mass is 10.6. The van der Waals surface area contributed by atoms with Crippen molar-refractivity contribution in [3.05, 3.63) is 0 Å². The van der Waals surface area contributed by atoms with Gasteiger partial charge in [0.1, 0.15) is 0 Å². The molecule has 1 aliphatic rings. The normalized spacial score (nSPS) is 19.3. The Morgan fingerprint density at radius 2 is 1.71 bits per heavy atom. The van der Waals surface area contributed by atoms with Gasteiger partial charge in [-0.1, -0.05) is 0 Å². The molecule has 0 amide bonds. The second-order valence-electron chi connectivity index (χ2n) is 2.19. The van der Waals surface area contributed by atoms with Crippen molar-refractivity contribution in [3.63, 3.8) is 0 Å².